The van der Waals surface area contributed by atoms with Gasteiger partial charge in [0, 0.05) is 16.4 Å². The molecule has 0 saturated heterocycles. The van der Waals surface area contributed by atoms with Gasteiger partial charge in [-0.1, -0.05) is 52.6 Å². The second-order valence-electron chi connectivity index (χ2n) is 10.4. The van der Waals surface area contributed by atoms with Gasteiger partial charge in [0.05, 0.1) is 21.2 Å². The number of ether oxygens (including phenoxy) is 1. The largest absolute Gasteiger partial charge is 0.489 e. The summed E-state index contributed by atoms with van der Waals surface area (Å²) in [5.41, 5.74) is 4.66. The van der Waals surface area contributed by atoms with E-state index in [4.69, 9.17) is 32.5 Å². The van der Waals surface area contributed by atoms with Crippen LogP contribution in [0, 0.1) is 6.92 Å². The summed E-state index contributed by atoms with van der Waals surface area (Å²) in [6.07, 6.45) is 5.68. The average molecular weight is 567 g/mol. The standard InChI is InChI=1S/C31H29Cl2NO3S/c1-18-13-22(11-12-25(18)31(35)15-21(16-31)20-5-3-6-23(14-20)38-2)36-17-24-29(34-37-30(24)19-9-10-19)28-26(32)7-4-8-27(28)33/h3-8,11-14,19,21,35H,9-10,15-17H2,1-2H3. The molecule has 1 heterocycles. The lowest BCUT2D eigenvalue weighted by atomic mass is 9.64. The number of rotatable bonds is 8. The zero-order valence-electron chi connectivity index (χ0n) is 21.3. The minimum absolute atomic E-state index is 0.295. The smallest absolute Gasteiger partial charge is 0.147 e. The van der Waals surface area contributed by atoms with Crippen LogP contribution in [0.25, 0.3) is 11.3 Å². The Kier molecular flexibility index (Phi) is 6.98. The van der Waals surface area contributed by atoms with Crippen molar-refractivity contribution in [1.82, 2.24) is 5.16 Å². The van der Waals surface area contributed by atoms with Crippen LogP contribution in [0.2, 0.25) is 10.0 Å². The average Bonchev–Trinajstić information content (AvgIpc) is 3.65. The van der Waals surface area contributed by atoms with E-state index in [0.29, 0.717) is 39.7 Å². The van der Waals surface area contributed by atoms with Gasteiger partial charge in [0.1, 0.15) is 23.8 Å². The molecule has 3 aromatic carbocycles. The quantitative estimate of drug-likeness (QED) is 0.216. The van der Waals surface area contributed by atoms with Gasteiger partial charge in [0.2, 0.25) is 0 Å². The molecule has 7 heteroatoms. The lowest BCUT2D eigenvalue weighted by molar-refractivity contribution is -0.0555. The van der Waals surface area contributed by atoms with Crippen LogP contribution >= 0.6 is 35.0 Å². The monoisotopic (exact) mass is 565 g/mol. The maximum atomic E-state index is 11.4. The molecular formula is C31H29Cl2NO3S. The molecule has 4 nitrogen and oxygen atoms in total. The molecule has 0 radical (unpaired) electrons. The molecule has 196 valence electrons. The first kappa shape index (κ1) is 25.8. The van der Waals surface area contributed by atoms with E-state index in [1.807, 2.05) is 31.2 Å². The van der Waals surface area contributed by atoms with E-state index in [2.05, 4.69) is 35.7 Å². The normalized spacial score (nSPS) is 20.8. The van der Waals surface area contributed by atoms with Crippen molar-refractivity contribution in [2.24, 2.45) is 0 Å². The van der Waals surface area contributed by atoms with Gasteiger partial charge in [-0.15, -0.1) is 11.8 Å². The number of aromatic nitrogens is 1. The van der Waals surface area contributed by atoms with Crippen molar-refractivity contribution in [2.45, 2.75) is 61.5 Å². The van der Waals surface area contributed by atoms with Crippen molar-refractivity contribution in [3.05, 3.63) is 98.7 Å². The zero-order chi connectivity index (χ0) is 26.4. The molecule has 1 N–H and O–H groups in total. The van der Waals surface area contributed by atoms with Gasteiger partial charge in [-0.2, -0.15) is 0 Å². The lowest BCUT2D eigenvalue weighted by Crippen LogP contribution is -2.40. The van der Waals surface area contributed by atoms with Crippen LogP contribution < -0.4 is 4.74 Å². The number of benzene rings is 3. The second-order valence-corrected chi connectivity index (χ2v) is 12.1. The first-order chi connectivity index (χ1) is 18.4. The summed E-state index contributed by atoms with van der Waals surface area (Å²) in [6, 6.07) is 20.0. The minimum atomic E-state index is -0.815. The van der Waals surface area contributed by atoms with Crippen molar-refractivity contribution < 1.29 is 14.4 Å². The van der Waals surface area contributed by atoms with Crippen molar-refractivity contribution in [3.8, 4) is 17.0 Å². The van der Waals surface area contributed by atoms with E-state index >= 15 is 0 Å². The number of nitrogens with zero attached hydrogens (tertiary/aromatic N) is 1. The predicted molar refractivity (Wildman–Crippen MR) is 154 cm³/mol. The molecule has 0 aliphatic heterocycles. The van der Waals surface area contributed by atoms with Gasteiger partial charge in [-0.25, -0.2) is 0 Å². The summed E-state index contributed by atoms with van der Waals surface area (Å²) < 4.78 is 12.0. The number of aliphatic hydroxyl groups is 1. The van der Waals surface area contributed by atoms with Crippen LogP contribution in [0.4, 0.5) is 0 Å². The molecule has 2 fully saturated rings. The van der Waals surface area contributed by atoms with Gasteiger partial charge in [-0.05, 0) is 97.9 Å². The van der Waals surface area contributed by atoms with Crippen LogP contribution in [0.15, 0.2) is 70.1 Å². The van der Waals surface area contributed by atoms with Crippen LogP contribution in [0.1, 0.15) is 65.5 Å². The van der Waals surface area contributed by atoms with Gasteiger partial charge in [0.25, 0.3) is 0 Å². The Hall–Kier alpha value is -2.44. The minimum Gasteiger partial charge on any atom is -0.489 e. The highest BCUT2D eigenvalue weighted by atomic mass is 35.5. The lowest BCUT2D eigenvalue weighted by Gasteiger charge is -2.45. The van der Waals surface area contributed by atoms with E-state index in [0.717, 1.165) is 53.9 Å². The first-order valence-electron chi connectivity index (χ1n) is 12.9. The van der Waals surface area contributed by atoms with Gasteiger partial charge in [-0.3, -0.25) is 0 Å². The maximum Gasteiger partial charge on any atom is 0.147 e. The Bertz CT molecular complexity index is 1470. The summed E-state index contributed by atoms with van der Waals surface area (Å²) >= 11 is 14.7. The van der Waals surface area contributed by atoms with Crippen LogP contribution in [0.3, 0.4) is 0 Å². The van der Waals surface area contributed by atoms with Crippen molar-refractivity contribution in [3.63, 3.8) is 0 Å². The second kappa shape index (κ2) is 10.3. The number of hydrogen-bond donors (Lipinski definition) is 1. The van der Waals surface area contributed by atoms with E-state index in [9.17, 15) is 5.11 Å². The summed E-state index contributed by atoms with van der Waals surface area (Å²) in [5, 5.41) is 16.8. The Morgan fingerprint density at radius 2 is 1.76 bits per heavy atom. The van der Waals surface area contributed by atoms with Gasteiger partial charge >= 0.3 is 0 Å². The maximum absolute atomic E-state index is 11.4. The first-order valence-corrected chi connectivity index (χ1v) is 14.9. The highest BCUT2D eigenvalue weighted by Crippen LogP contribution is 2.52. The Labute approximate surface area is 237 Å². The zero-order valence-corrected chi connectivity index (χ0v) is 23.7. The molecule has 6 rings (SSSR count). The summed E-state index contributed by atoms with van der Waals surface area (Å²) in [7, 11) is 0. The molecular weight excluding hydrogens is 537 g/mol. The third-order valence-corrected chi connectivity index (χ3v) is 9.14. The van der Waals surface area contributed by atoms with Gasteiger partial charge in [0.15, 0.2) is 0 Å². The summed E-state index contributed by atoms with van der Waals surface area (Å²) in [5.74, 6) is 2.31. The van der Waals surface area contributed by atoms with E-state index in [1.54, 1.807) is 23.9 Å². The fourth-order valence-corrected chi connectivity index (χ4v) is 6.60. The van der Waals surface area contributed by atoms with Crippen molar-refractivity contribution in [1.29, 1.82) is 0 Å². The highest BCUT2D eigenvalue weighted by molar-refractivity contribution is 7.98. The fourth-order valence-electron chi connectivity index (χ4n) is 5.56. The molecule has 0 bridgehead atoms. The van der Waals surface area contributed by atoms with Crippen LogP contribution in [0.5, 0.6) is 5.75 Å². The summed E-state index contributed by atoms with van der Waals surface area (Å²) in [6.45, 7) is 2.33. The molecule has 0 atom stereocenters. The molecule has 1 aromatic heterocycles. The third-order valence-electron chi connectivity index (χ3n) is 7.78. The van der Waals surface area contributed by atoms with E-state index in [1.165, 1.54) is 10.5 Å². The Balaban J connectivity index is 1.19. The van der Waals surface area contributed by atoms with E-state index in [-0.39, 0.29) is 0 Å². The SMILES string of the molecule is CSc1cccc(C2CC(O)(c3ccc(OCc4c(-c5c(Cl)cccc5Cl)noc4C4CC4)cc3C)C2)c1. The molecule has 0 amide bonds. The molecule has 0 unspecified atom stereocenters. The molecule has 0 spiro atoms. The number of hydrogen-bond acceptors (Lipinski definition) is 5. The third kappa shape index (κ3) is 4.86. The van der Waals surface area contributed by atoms with Crippen molar-refractivity contribution >= 4 is 35.0 Å². The molecule has 2 aliphatic rings. The van der Waals surface area contributed by atoms with Crippen LogP contribution in [-0.2, 0) is 12.2 Å². The molecule has 2 saturated carbocycles. The topological polar surface area (TPSA) is 55.5 Å². The van der Waals surface area contributed by atoms with Crippen molar-refractivity contribution in [2.75, 3.05) is 6.26 Å². The Morgan fingerprint density at radius 1 is 1.03 bits per heavy atom. The highest BCUT2D eigenvalue weighted by Gasteiger charge is 2.45. The number of halogens is 2. The molecule has 38 heavy (non-hydrogen) atoms. The number of thioether (sulfide) groups is 1. The van der Waals surface area contributed by atoms with Gasteiger partial charge < -0.3 is 14.4 Å². The number of aryl methyl sites for hydroxylation is 1. The molecule has 4 aromatic rings. The Morgan fingerprint density at radius 3 is 2.45 bits per heavy atom. The van der Waals surface area contributed by atoms with Crippen LogP contribution in [-0.4, -0.2) is 16.5 Å². The summed E-state index contributed by atoms with van der Waals surface area (Å²) in [4.78, 5) is 1.26. The predicted octanol–water partition coefficient (Wildman–Crippen LogP) is 8.90. The fraction of sp³-hybridized carbons (Fsp3) is 0.323. The van der Waals surface area contributed by atoms with E-state index < -0.39 is 5.60 Å². The molecule has 2 aliphatic carbocycles.